The first-order valence-electron chi connectivity index (χ1n) is 3.15. The Kier molecular flexibility index (Phi) is 2.33. The van der Waals surface area contributed by atoms with Crippen molar-refractivity contribution in [2.75, 3.05) is 0 Å². The van der Waals surface area contributed by atoms with Crippen LogP contribution in [0.25, 0.3) is 0 Å². The summed E-state index contributed by atoms with van der Waals surface area (Å²) >= 11 is 0. The van der Waals surface area contributed by atoms with E-state index in [0.29, 0.717) is 0 Å². The van der Waals surface area contributed by atoms with Crippen LogP contribution in [-0.2, 0) is 0 Å². The van der Waals surface area contributed by atoms with Gasteiger partial charge in [-0.1, -0.05) is 0 Å². The van der Waals surface area contributed by atoms with Crippen molar-refractivity contribution in [3.63, 3.8) is 0 Å². The van der Waals surface area contributed by atoms with E-state index in [1.54, 1.807) is 0 Å². The Labute approximate surface area is 72.5 Å². The van der Waals surface area contributed by atoms with E-state index in [1.807, 2.05) is 0 Å². The fourth-order valence-electron chi connectivity index (χ4n) is 0.582. The molecule has 0 aliphatic heterocycles. The van der Waals surface area contributed by atoms with Crippen LogP contribution in [0.2, 0.25) is 0 Å². The Morgan fingerprint density at radius 3 is 2.38 bits per heavy atom. The molecule has 0 radical (unpaired) electrons. The molecule has 0 aromatic carbocycles. The second-order valence-corrected chi connectivity index (χ2v) is 2.04. The molecule has 1 aromatic rings. The largest absolute Gasteiger partial charge is 0.370 e. The number of aromatic nitrogens is 2. The normalized spacial score (nSPS) is 9.23. The van der Waals surface area contributed by atoms with Gasteiger partial charge in [0.2, 0.25) is 0 Å². The molecule has 68 valence electrons. The van der Waals surface area contributed by atoms with E-state index in [1.165, 1.54) is 0 Å². The summed E-state index contributed by atoms with van der Waals surface area (Å²) in [6.07, 6.45) is 2.05. The van der Waals surface area contributed by atoms with Gasteiger partial charge in [-0.3, -0.25) is 10.1 Å². The van der Waals surface area contributed by atoms with E-state index in [0.717, 1.165) is 12.4 Å². The summed E-state index contributed by atoms with van der Waals surface area (Å²) in [5.41, 5.74) is 9.86. The van der Waals surface area contributed by atoms with Gasteiger partial charge in [0.05, 0.1) is 4.92 Å². The van der Waals surface area contributed by atoms with Crippen LogP contribution in [-0.4, -0.2) is 20.9 Å². The second kappa shape index (κ2) is 3.43. The highest BCUT2D eigenvalue weighted by Crippen LogP contribution is 2.09. The first kappa shape index (κ1) is 8.84. The third-order valence-corrected chi connectivity index (χ3v) is 1.06. The first-order valence-corrected chi connectivity index (χ1v) is 3.15. The van der Waals surface area contributed by atoms with Crippen molar-refractivity contribution in [3.05, 3.63) is 22.5 Å². The van der Waals surface area contributed by atoms with Gasteiger partial charge in [-0.25, -0.2) is 9.97 Å². The maximum Gasteiger partial charge on any atom is 0.305 e. The third-order valence-electron chi connectivity index (χ3n) is 1.06. The molecule has 0 bridgehead atoms. The molecule has 0 aliphatic carbocycles. The highest BCUT2D eigenvalue weighted by Gasteiger charge is 2.05. The van der Waals surface area contributed by atoms with Crippen LogP contribution < -0.4 is 11.5 Å². The van der Waals surface area contributed by atoms with Gasteiger partial charge in [-0.2, -0.15) is 4.99 Å². The maximum absolute atomic E-state index is 10.2. The summed E-state index contributed by atoms with van der Waals surface area (Å²) in [6.45, 7) is 0. The minimum absolute atomic E-state index is 0.00870. The molecule has 8 heteroatoms. The molecule has 8 nitrogen and oxygen atoms in total. The first-order chi connectivity index (χ1) is 6.09. The lowest BCUT2D eigenvalue weighted by molar-refractivity contribution is -0.385. The number of guanidine groups is 1. The van der Waals surface area contributed by atoms with Crippen molar-refractivity contribution in [2.45, 2.75) is 0 Å². The minimum atomic E-state index is -0.612. The molecule has 13 heavy (non-hydrogen) atoms. The monoisotopic (exact) mass is 182 g/mol. The van der Waals surface area contributed by atoms with Gasteiger partial charge in [0.25, 0.3) is 5.95 Å². The van der Waals surface area contributed by atoms with E-state index in [2.05, 4.69) is 15.0 Å². The Morgan fingerprint density at radius 2 is 2.00 bits per heavy atom. The molecule has 1 rings (SSSR count). The third kappa shape index (κ3) is 2.36. The number of hydrogen-bond acceptors (Lipinski definition) is 5. The van der Waals surface area contributed by atoms with Crippen LogP contribution in [0, 0.1) is 10.1 Å². The highest BCUT2D eigenvalue weighted by atomic mass is 16.6. The maximum atomic E-state index is 10.2. The summed E-state index contributed by atoms with van der Waals surface area (Å²) in [6, 6.07) is 0. The summed E-state index contributed by atoms with van der Waals surface area (Å²) in [5.74, 6) is -0.209. The quantitative estimate of drug-likeness (QED) is 0.268. The van der Waals surface area contributed by atoms with Crippen LogP contribution in [0.1, 0.15) is 0 Å². The number of nitrogens with zero attached hydrogens (tertiary/aromatic N) is 4. The van der Waals surface area contributed by atoms with Crippen LogP contribution in [0.3, 0.4) is 0 Å². The predicted octanol–water partition coefficient (Wildman–Crippen LogP) is -0.710. The number of nitrogens with two attached hydrogens (primary N) is 2. The molecule has 0 fully saturated rings. The topological polar surface area (TPSA) is 133 Å². The van der Waals surface area contributed by atoms with Gasteiger partial charge >= 0.3 is 5.69 Å². The summed E-state index contributed by atoms with van der Waals surface area (Å²) in [5, 5.41) is 10.2. The van der Waals surface area contributed by atoms with Crippen molar-refractivity contribution in [1.82, 2.24) is 9.97 Å². The average Bonchev–Trinajstić information content (AvgIpc) is 2.04. The van der Waals surface area contributed by atoms with Crippen LogP contribution in [0.4, 0.5) is 11.6 Å². The van der Waals surface area contributed by atoms with Gasteiger partial charge in [-0.15, -0.1) is 0 Å². The number of aliphatic imine (C=N–C) groups is 1. The van der Waals surface area contributed by atoms with E-state index in [4.69, 9.17) is 11.5 Å². The molecule has 0 amide bonds. The summed E-state index contributed by atoms with van der Waals surface area (Å²) in [7, 11) is 0. The smallest absolute Gasteiger partial charge is 0.305 e. The zero-order valence-corrected chi connectivity index (χ0v) is 6.41. The van der Waals surface area contributed by atoms with Crippen molar-refractivity contribution in [1.29, 1.82) is 0 Å². The van der Waals surface area contributed by atoms with Crippen molar-refractivity contribution in [3.8, 4) is 0 Å². The summed E-state index contributed by atoms with van der Waals surface area (Å²) in [4.78, 5) is 20.1. The fraction of sp³-hybridized carbons (Fsp3) is 0. The predicted molar refractivity (Wildman–Crippen MR) is 44.2 cm³/mol. The van der Waals surface area contributed by atoms with E-state index in [-0.39, 0.29) is 17.6 Å². The van der Waals surface area contributed by atoms with Gasteiger partial charge in [0.15, 0.2) is 5.96 Å². The molecule has 0 spiro atoms. The molecule has 0 atom stereocenters. The number of rotatable bonds is 2. The molecule has 1 heterocycles. The molecule has 4 N–H and O–H groups in total. The Balaban J connectivity index is 2.94. The van der Waals surface area contributed by atoms with Gasteiger partial charge in [0, 0.05) is 0 Å². The van der Waals surface area contributed by atoms with Crippen LogP contribution >= 0.6 is 0 Å². The van der Waals surface area contributed by atoms with E-state index in [9.17, 15) is 10.1 Å². The lowest BCUT2D eigenvalue weighted by atomic mass is 10.6. The SMILES string of the molecule is NC(N)=Nc1ncc([N+](=O)[O-])cn1. The fourth-order valence-corrected chi connectivity index (χ4v) is 0.582. The van der Waals surface area contributed by atoms with Gasteiger partial charge in [-0.05, 0) is 0 Å². The average molecular weight is 182 g/mol. The second-order valence-electron chi connectivity index (χ2n) is 2.04. The lowest BCUT2D eigenvalue weighted by Crippen LogP contribution is -2.22. The Hall–Kier alpha value is -2.25. The van der Waals surface area contributed by atoms with Gasteiger partial charge in [0.1, 0.15) is 12.4 Å². The summed E-state index contributed by atoms with van der Waals surface area (Å²) < 4.78 is 0. The lowest BCUT2D eigenvalue weighted by Gasteiger charge is -1.92. The van der Waals surface area contributed by atoms with Crippen molar-refractivity contribution in [2.24, 2.45) is 16.5 Å². The molecular weight excluding hydrogens is 176 g/mol. The van der Waals surface area contributed by atoms with Crippen LogP contribution in [0.5, 0.6) is 0 Å². The molecule has 0 saturated carbocycles. The molecule has 0 saturated heterocycles. The minimum Gasteiger partial charge on any atom is -0.370 e. The zero-order chi connectivity index (χ0) is 9.84. The standard InChI is InChI=1S/C5H6N6O2/c6-4(7)10-5-8-1-3(2-9-5)11(12)13/h1-2H,(H4,6,7,8,9,10). The molecule has 0 aliphatic rings. The Bertz CT molecular complexity index is 341. The molecule has 0 unspecified atom stereocenters. The highest BCUT2D eigenvalue weighted by molar-refractivity contribution is 5.77. The van der Waals surface area contributed by atoms with Crippen LogP contribution in [0.15, 0.2) is 17.4 Å². The van der Waals surface area contributed by atoms with Crippen molar-refractivity contribution >= 4 is 17.6 Å². The zero-order valence-electron chi connectivity index (χ0n) is 6.41. The Morgan fingerprint density at radius 1 is 1.46 bits per heavy atom. The number of nitro groups is 1. The molecule has 1 aromatic heterocycles. The van der Waals surface area contributed by atoms with E-state index < -0.39 is 4.92 Å². The van der Waals surface area contributed by atoms with Crippen molar-refractivity contribution < 1.29 is 4.92 Å². The van der Waals surface area contributed by atoms with Gasteiger partial charge < -0.3 is 11.5 Å². The molecular formula is C5H6N6O2. The number of hydrogen-bond donors (Lipinski definition) is 2. The van der Waals surface area contributed by atoms with E-state index >= 15 is 0 Å².